The zero-order valence-electron chi connectivity index (χ0n) is 33.5. The van der Waals surface area contributed by atoms with E-state index < -0.39 is 0 Å². The van der Waals surface area contributed by atoms with Crippen LogP contribution < -0.4 is 16.0 Å². The van der Waals surface area contributed by atoms with Crippen LogP contribution in [0.2, 0.25) is 0 Å². The molecule has 0 saturated heterocycles. The Morgan fingerprint density at radius 1 is 0.738 bits per heavy atom. The van der Waals surface area contributed by atoms with E-state index in [-0.39, 0.29) is 24.4 Å². The van der Waals surface area contributed by atoms with Crippen LogP contribution in [-0.4, -0.2) is 40.5 Å². The molecule has 3 unspecified atom stereocenters. The second kappa shape index (κ2) is 13.9. The number of nitrogens with two attached hydrogens (primary N) is 1. The minimum atomic E-state index is -0.387. The summed E-state index contributed by atoms with van der Waals surface area (Å²) in [5.74, 6) is 0.0511. The van der Waals surface area contributed by atoms with E-state index in [2.05, 4.69) is 183 Å². The summed E-state index contributed by atoms with van der Waals surface area (Å²) in [5.41, 5.74) is 21.5. The average Bonchev–Trinajstić information content (AvgIpc) is 3.91. The molecule has 12 rings (SSSR count). The molecule has 0 saturated carbocycles. The number of nitrogens with one attached hydrogen (secondary N) is 1. The van der Waals surface area contributed by atoms with Crippen molar-refractivity contribution in [2.45, 2.75) is 37.8 Å². The lowest BCUT2D eigenvalue weighted by molar-refractivity contribution is 0.582. The topological polar surface area (TPSA) is 101 Å². The molecule has 6 aromatic carbocycles. The predicted molar refractivity (Wildman–Crippen MR) is 254 cm³/mol. The van der Waals surface area contributed by atoms with Crippen LogP contribution in [0.4, 0.5) is 5.69 Å². The summed E-state index contributed by atoms with van der Waals surface area (Å²) < 4.78 is 4.60. The molecule has 0 bridgehead atoms. The van der Waals surface area contributed by atoms with Crippen molar-refractivity contribution in [3.63, 3.8) is 0 Å². The molecule has 0 radical (unpaired) electrons. The lowest BCUT2D eigenvalue weighted by atomic mass is 9.76. The van der Waals surface area contributed by atoms with Gasteiger partial charge in [-0.15, -0.1) is 0 Å². The Bertz CT molecular complexity index is 3290. The summed E-state index contributed by atoms with van der Waals surface area (Å²) in [6, 6.07) is 46.5. The third-order valence-corrected chi connectivity index (χ3v) is 13.0. The van der Waals surface area contributed by atoms with Gasteiger partial charge in [0, 0.05) is 38.8 Å². The molecular weight excluding hydrogens is 751 g/mol. The van der Waals surface area contributed by atoms with Gasteiger partial charge in [0.05, 0.1) is 47.1 Å². The van der Waals surface area contributed by atoms with E-state index >= 15 is 0 Å². The lowest BCUT2D eigenvalue weighted by Gasteiger charge is -2.34. The van der Waals surface area contributed by atoms with Crippen LogP contribution in [0.5, 0.6) is 0 Å². The van der Waals surface area contributed by atoms with Crippen LogP contribution in [0.1, 0.15) is 47.6 Å². The summed E-state index contributed by atoms with van der Waals surface area (Å²) >= 11 is 0. The minimum absolute atomic E-state index is 0.0505. The molecule has 61 heavy (non-hydrogen) atoms. The Morgan fingerprint density at radius 2 is 1.46 bits per heavy atom. The summed E-state index contributed by atoms with van der Waals surface area (Å²) in [4.78, 5) is 20.9. The largest absolute Gasteiger partial charge is 0.390 e. The van der Waals surface area contributed by atoms with Crippen molar-refractivity contribution >= 4 is 86.3 Å². The second-order valence-corrected chi connectivity index (χ2v) is 16.0. The number of rotatable bonds is 6. The van der Waals surface area contributed by atoms with Gasteiger partial charge in [0.15, 0.2) is 0 Å². The number of nitrogens with zero attached hydrogens (tertiary/aromatic N) is 7. The molecular formula is C52H41N9. The van der Waals surface area contributed by atoms with Crippen molar-refractivity contribution in [1.29, 1.82) is 0 Å². The Balaban J connectivity index is 1.10. The van der Waals surface area contributed by atoms with Crippen molar-refractivity contribution in [1.82, 2.24) is 14.5 Å². The van der Waals surface area contributed by atoms with Crippen molar-refractivity contribution in [3.8, 4) is 11.1 Å². The van der Waals surface area contributed by atoms with E-state index in [1.165, 1.54) is 78.2 Å². The van der Waals surface area contributed by atoms with E-state index in [1.54, 1.807) is 19.0 Å². The van der Waals surface area contributed by atoms with Crippen LogP contribution >= 0.6 is 0 Å². The van der Waals surface area contributed by atoms with Gasteiger partial charge in [0.1, 0.15) is 12.5 Å². The van der Waals surface area contributed by atoms with Gasteiger partial charge >= 0.3 is 0 Å². The van der Waals surface area contributed by atoms with Gasteiger partial charge in [-0.05, 0) is 94.8 Å². The number of benzene rings is 6. The number of hydrogen-bond donors (Lipinski definition) is 2. The zero-order valence-corrected chi connectivity index (χ0v) is 33.5. The third kappa shape index (κ3) is 5.26. The molecule has 4 aliphatic rings. The van der Waals surface area contributed by atoms with Crippen LogP contribution in [0.25, 0.3) is 66.4 Å². The molecule has 2 aliphatic heterocycles. The average molecular weight is 792 g/mol. The number of allylic oxidation sites excluding steroid dienone is 2. The monoisotopic (exact) mass is 791 g/mol. The van der Waals surface area contributed by atoms with Crippen LogP contribution in [0.15, 0.2) is 171 Å². The van der Waals surface area contributed by atoms with Crippen LogP contribution in [-0.2, 0) is 6.42 Å². The van der Waals surface area contributed by atoms with E-state index in [0.29, 0.717) is 0 Å². The Labute approximate surface area is 352 Å². The van der Waals surface area contributed by atoms with E-state index in [9.17, 15) is 0 Å². The highest BCUT2D eigenvalue weighted by atomic mass is 15.3. The maximum absolute atomic E-state index is 5.56. The minimum Gasteiger partial charge on any atom is -0.390 e. The van der Waals surface area contributed by atoms with Gasteiger partial charge in [-0.25, -0.2) is 20.0 Å². The van der Waals surface area contributed by atoms with Gasteiger partial charge < -0.3 is 20.5 Å². The van der Waals surface area contributed by atoms with Crippen molar-refractivity contribution in [2.24, 2.45) is 25.7 Å². The Kier molecular flexibility index (Phi) is 8.03. The smallest absolute Gasteiger partial charge is 0.223 e. The third-order valence-electron chi connectivity index (χ3n) is 13.0. The quantitative estimate of drug-likeness (QED) is 0.130. The first-order valence-electron chi connectivity index (χ1n) is 20.9. The highest BCUT2D eigenvalue weighted by Crippen LogP contribution is 2.55. The number of fused-ring (bicyclic) bond motifs is 14. The van der Waals surface area contributed by atoms with Crippen molar-refractivity contribution in [2.75, 3.05) is 4.90 Å². The summed E-state index contributed by atoms with van der Waals surface area (Å²) in [7, 11) is 0. The fourth-order valence-electron chi connectivity index (χ4n) is 10.5. The van der Waals surface area contributed by atoms with Crippen LogP contribution in [0, 0.1) is 0 Å². The molecule has 294 valence electrons. The summed E-state index contributed by atoms with van der Waals surface area (Å²) in [5, 5.41) is 7.94. The molecule has 3 N–H and O–H groups in total. The summed E-state index contributed by atoms with van der Waals surface area (Å²) in [6.07, 6.45) is 16.1. The van der Waals surface area contributed by atoms with Gasteiger partial charge in [-0.1, -0.05) is 109 Å². The molecule has 2 aliphatic carbocycles. The summed E-state index contributed by atoms with van der Waals surface area (Å²) in [6.45, 7) is 2.11. The molecule has 8 aromatic rings. The van der Waals surface area contributed by atoms with Crippen LogP contribution in [0.3, 0.4) is 0 Å². The molecule has 3 atom stereocenters. The van der Waals surface area contributed by atoms with E-state index in [0.717, 1.165) is 28.5 Å². The fraction of sp³-hybridized carbons (Fsp3) is 0.115. The van der Waals surface area contributed by atoms with Crippen molar-refractivity contribution in [3.05, 3.63) is 174 Å². The highest BCUT2D eigenvalue weighted by molar-refractivity contribution is 6.14. The van der Waals surface area contributed by atoms with Gasteiger partial charge in [-0.3, -0.25) is 4.57 Å². The number of hydrogen-bond acceptors (Lipinski definition) is 5. The Morgan fingerprint density at radius 3 is 2.26 bits per heavy atom. The predicted octanol–water partition coefficient (Wildman–Crippen LogP) is 10.7. The highest BCUT2D eigenvalue weighted by Gasteiger charge is 2.45. The molecule has 0 amide bonds. The zero-order chi connectivity index (χ0) is 40.6. The molecule has 9 nitrogen and oxygen atoms in total. The lowest BCUT2D eigenvalue weighted by Crippen LogP contribution is -2.33. The molecule has 0 spiro atoms. The second-order valence-electron chi connectivity index (χ2n) is 16.0. The molecule has 2 aromatic heterocycles. The number of aromatic nitrogens is 2. The molecule has 0 fully saturated rings. The van der Waals surface area contributed by atoms with E-state index in [1.807, 2.05) is 0 Å². The Hall–Kier alpha value is -7.78. The van der Waals surface area contributed by atoms with E-state index in [4.69, 9.17) is 20.7 Å². The number of aliphatic imine (C=N–C) groups is 4. The first-order valence-corrected chi connectivity index (χ1v) is 20.9. The standard InChI is InChI=1S/C52H41N9/c1-32(56-29-54-28-53)59-42-15-7-5-12-40(42)48-36-14-9-17-44-50(38(36)23-25-45(48)59)51-39-24-26-46-49(41-13-6-8-16-43(41)61(46)52-57-30-55-31-58-52)37(39)22-27-47(51)60(44)35-20-18-34(19-21-35)33-10-3-2-4-11-33/h2-13,15-32,47,51-52H,14H2,1H3,(H2,53,54,56)(H,55,57,58). The first kappa shape index (κ1) is 35.2. The normalized spacial score (nSPS) is 18.7. The van der Waals surface area contributed by atoms with Gasteiger partial charge in [0.2, 0.25) is 6.29 Å². The molecule has 9 heteroatoms. The SMILES string of the molecule is CC(N=CN=CN)n1c2ccccc2c2c3c(ccc21)C1=C(C=CC3)N(c2ccc(-c3ccccc3)cc2)C2C=Cc3c(ccc4c3c3ccccc3n4C3N=CNC=N3)C12. The first-order chi connectivity index (χ1) is 30.2. The van der Waals surface area contributed by atoms with Gasteiger partial charge in [0.25, 0.3) is 0 Å². The van der Waals surface area contributed by atoms with Gasteiger partial charge in [-0.2, -0.15) is 0 Å². The number of anilines is 1. The number of para-hydroxylation sites is 2. The fourth-order valence-corrected chi connectivity index (χ4v) is 10.5. The molecule has 4 heterocycles. The maximum atomic E-state index is 5.56. The maximum Gasteiger partial charge on any atom is 0.223 e. The van der Waals surface area contributed by atoms with Crippen molar-refractivity contribution < 1.29 is 0 Å².